The van der Waals surface area contributed by atoms with Crippen LogP contribution in [0.3, 0.4) is 0 Å². The predicted molar refractivity (Wildman–Crippen MR) is 223 cm³/mol. The zero-order chi connectivity index (χ0) is 35.1. The van der Waals surface area contributed by atoms with Crippen molar-refractivity contribution in [1.82, 2.24) is 4.90 Å². The van der Waals surface area contributed by atoms with Crippen molar-refractivity contribution in [3.63, 3.8) is 0 Å². The maximum Gasteiger partial charge on any atom is 0.0153 e. The molecule has 0 radical (unpaired) electrons. The summed E-state index contributed by atoms with van der Waals surface area (Å²) >= 11 is 0. The second-order valence-electron chi connectivity index (χ2n) is 16.9. The van der Waals surface area contributed by atoms with Crippen LogP contribution in [0.15, 0.2) is 0 Å². The zero-order valence-corrected chi connectivity index (χ0v) is 34.9. The SMILES string of the molecule is CCCCCCCCCCCCCCCCCN(CCCCCCCCCCCCCCCCC)C(C)(C)CCCCCCCCCC. The van der Waals surface area contributed by atoms with Crippen LogP contribution in [0.25, 0.3) is 0 Å². The van der Waals surface area contributed by atoms with Gasteiger partial charge in [0.05, 0.1) is 0 Å². The molecular weight excluding hydrogens is 579 g/mol. The molecule has 0 fully saturated rings. The van der Waals surface area contributed by atoms with Crippen molar-refractivity contribution >= 4 is 0 Å². The van der Waals surface area contributed by atoms with E-state index < -0.39 is 0 Å². The fourth-order valence-corrected chi connectivity index (χ4v) is 7.91. The molecule has 0 atom stereocenters. The molecule has 1 nitrogen and oxygen atoms in total. The molecule has 0 spiro atoms. The van der Waals surface area contributed by atoms with Gasteiger partial charge in [0.15, 0.2) is 0 Å². The van der Waals surface area contributed by atoms with Crippen LogP contribution in [-0.2, 0) is 0 Å². The lowest BCUT2D eigenvalue weighted by Crippen LogP contribution is -2.45. The summed E-state index contributed by atoms with van der Waals surface area (Å²) in [5, 5.41) is 0. The average Bonchev–Trinajstić information content (AvgIpc) is 3.08. The van der Waals surface area contributed by atoms with E-state index in [0.717, 1.165) is 0 Å². The van der Waals surface area contributed by atoms with Crippen LogP contribution in [0.2, 0.25) is 0 Å². The van der Waals surface area contributed by atoms with Crippen LogP contribution in [0.5, 0.6) is 0 Å². The molecule has 0 aliphatic carbocycles. The number of unbranched alkanes of at least 4 members (excludes halogenated alkanes) is 35. The molecule has 0 unspecified atom stereocenters. The smallest absolute Gasteiger partial charge is 0.0153 e. The molecule has 0 aromatic heterocycles. The molecule has 0 saturated carbocycles. The first kappa shape index (κ1) is 48.0. The molecule has 0 bridgehead atoms. The van der Waals surface area contributed by atoms with Crippen molar-refractivity contribution < 1.29 is 0 Å². The van der Waals surface area contributed by atoms with Gasteiger partial charge in [-0.05, 0) is 46.2 Å². The molecule has 0 amide bonds. The molecule has 48 heavy (non-hydrogen) atoms. The summed E-state index contributed by atoms with van der Waals surface area (Å²) in [7, 11) is 0. The second-order valence-corrected chi connectivity index (χ2v) is 16.9. The lowest BCUT2D eigenvalue weighted by Gasteiger charge is -2.39. The Morgan fingerprint density at radius 1 is 0.250 bits per heavy atom. The van der Waals surface area contributed by atoms with Crippen LogP contribution < -0.4 is 0 Å². The molecule has 290 valence electrons. The molecule has 1 heteroatoms. The van der Waals surface area contributed by atoms with Gasteiger partial charge in [-0.3, -0.25) is 4.90 Å². The zero-order valence-electron chi connectivity index (χ0n) is 34.9. The Hall–Kier alpha value is -0.0400. The number of rotatable bonds is 42. The molecule has 0 heterocycles. The first-order chi connectivity index (χ1) is 23.6. The third-order valence-electron chi connectivity index (χ3n) is 11.6. The molecule has 0 aliphatic rings. The molecule has 0 saturated heterocycles. The molecule has 0 aliphatic heterocycles. The number of nitrogens with zero attached hydrogens (tertiary/aromatic N) is 1. The molecule has 0 aromatic rings. The lowest BCUT2D eigenvalue weighted by molar-refractivity contribution is 0.102. The summed E-state index contributed by atoms with van der Waals surface area (Å²) in [5.41, 5.74) is 0.369. The molecule has 0 aromatic carbocycles. The first-order valence-corrected chi connectivity index (χ1v) is 23.3. The van der Waals surface area contributed by atoms with Gasteiger partial charge in [0.1, 0.15) is 0 Å². The Morgan fingerprint density at radius 2 is 0.438 bits per heavy atom. The third-order valence-corrected chi connectivity index (χ3v) is 11.6. The standard InChI is InChI=1S/C47H97N/c1-6-9-12-15-18-21-23-25-27-29-31-33-36-39-42-45-48(47(4,5)44-41-38-35-20-17-14-11-8-3)46-43-40-37-34-32-30-28-26-24-22-19-16-13-10-7-2/h6-46H2,1-5H3. The highest BCUT2D eigenvalue weighted by Crippen LogP contribution is 2.25. The third kappa shape index (κ3) is 35.8. The Kier molecular flexibility index (Phi) is 39.7. The minimum Gasteiger partial charge on any atom is -0.298 e. The summed E-state index contributed by atoms with van der Waals surface area (Å²) in [6.45, 7) is 14.8. The summed E-state index contributed by atoms with van der Waals surface area (Å²) in [6, 6.07) is 0. The van der Waals surface area contributed by atoms with Crippen LogP contribution in [-0.4, -0.2) is 23.5 Å². The first-order valence-electron chi connectivity index (χ1n) is 23.3. The van der Waals surface area contributed by atoms with Gasteiger partial charge < -0.3 is 0 Å². The van der Waals surface area contributed by atoms with Crippen molar-refractivity contribution in [3.05, 3.63) is 0 Å². The van der Waals surface area contributed by atoms with Gasteiger partial charge in [0, 0.05) is 5.54 Å². The Labute approximate surface area is 307 Å². The van der Waals surface area contributed by atoms with Crippen molar-refractivity contribution in [2.45, 2.75) is 291 Å². The lowest BCUT2D eigenvalue weighted by atomic mass is 9.92. The summed E-state index contributed by atoms with van der Waals surface area (Å²) in [4.78, 5) is 2.93. The maximum atomic E-state index is 2.93. The largest absolute Gasteiger partial charge is 0.298 e. The van der Waals surface area contributed by atoms with Crippen molar-refractivity contribution in [2.75, 3.05) is 13.1 Å². The highest BCUT2D eigenvalue weighted by Gasteiger charge is 2.25. The summed E-state index contributed by atoms with van der Waals surface area (Å²) < 4.78 is 0. The van der Waals surface area contributed by atoms with Gasteiger partial charge in [0.25, 0.3) is 0 Å². The Balaban J connectivity index is 4.13. The van der Waals surface area contributed by atoms with E-state index in [1.54, 1.807) is 0 Å². The Morgan fingerprint density at radius 3 is 0.667 bits per heavy atom. The van der Waals surface area contributed by atoms with E-state index in [1.165, 1.54) is 264 Å². The normalized spacial score (nSPS) is 12.1. The molecular formula is C47H97N. The monoisotopic (exact) mass is 676 g/mol. The van der Waals surface area contributed by atoms with E-state index in [0.29, 0.717) is 5.54 Å². The van der Waals surface area contributed by atoms with Gasteiger partial charge in [-0.25, -0.2) is 0 Å². The molecule has 0 N–H and O–H groups in total. The molecule has 0 rings (SSSR count). The van der Waals surface area contributed by atoms with Crippen molar-refractivity contribution in [3.8, 4) is 0 Å². The van der Waals surface area contributed by atoms with Gasteiger partial charge in [0.2, 0.25) is 0 Å². The second kappa shape index (κ2) is 39.7. The fourth-order valence-electron chi connectivity index (χ4n) is 7.91. The van der Waals surface area contributed by atoms with E-state index in [4.69, 9.17) is 0 Å². The quantitative estimate of drug-likeness (QED) is 0.0582. The topological polar surface area (TPSA) is 3.24 Å². The van der Waals surface area contributed by atoms with Gasteiger partial charge in [-0.15, -0.1) is 0 Å². The van der Waals surface area contributed by atoms with E-state index in [9.17, 15) is 0 Å². The minimum absolute atomic E-state index is 0.369. The van der Waals surface area contributed by atoms with Gasteiger partial charge in [-0.2, -0.15) is 0 Å². The van der Waals surface area contributed by atoms with E-state index in [1.807, 2.05) is 0 Å². The minimum atomic E-state index is 0.369. The number of hydrogen-bond donors (Lipinski definition) is 0. The average molecular weight is 676 g/mol. The van der Waals surface area contributed by atoms with Crippen LogP contribution >= 0.6 is 0 Å². The van der Waals surface area contributed by atoms with Crippen LogP contribution in [0, 0.1) is 0 Å². The summed E-state index contributed by atoms with van der Waals surface area (Å²) in [6.07, 6.45) is 56.7. The van der Waals surface area contributed by atoms with Crippen molar-refractivity contribution in [1.29, 1.82) is 0 Å². The van der Waals surface area contributed by atoms with E-state index in [-0.39, 0.29) is 0 Å². The summed E-state index contributed by atoms with van der Waals surface area (Å²) in [5.74, 6) is 0. The Bertz CT molecular complexity index is 533. The van der Waals surface area contributed by atoms with Gasteiger partial charge in [-0.1, -0.05) is 252 Å². The van der Waals surface area contributed by atoms with Crippen LogP contribution in [0.4, 0.5) is 0 Å². The predicted octanol–water partition coefficient (Wildman–Crippen LogP) is 17.3. The van der Waals surface area contributed by atoms with E-state index in [2.05, 4.69) is 39.5 Å². The number of hydrogen-bond acceptors (Lipinski definition) is 1. The van der Waals surface area contributed by atoms with E-state index >= 15 is 0 Å². The fraction of sp³-hybridized carbons (Fsp3) is 1.00. The highest BCUT2D eigenvalue weighted by atomic mass is 15.2. The van der Waals surface area contributed by atoms with Crippen molar-refractivity contribution in [2.24, 2.45) is 0 Å². The maximum absolute atomic E-state index is 2.93. The highest BCUT2D eigenvalue weighted by molar-refractivity contribution is 4.81. The van der Waals surface area contributed by atoms with Gasteiger partial charge >= 0.3 is 0 Å². The van der Waals surface area contributed by atoms with Crippen LogP contribution in [0.1, 0.15) is 285 Å².